The highest BCUT2D eigenvalue weighted by atomic mass is 16.1. The van der Waals surface area contributed by atoms with E-state index in [4.69, 9.17) is 0 Å². The molecule has 1 aliphatic carbocycles. The normalized spacial score (nSPS) is 36.0. The lowest BCUT2D eigenvalue weighted by atomic mass is 9.81. The van der Waals surface area contributed by atoms with E-state index in [2.05, 4.69) is 23.0 Å². The SMILES string of the molecule is CN1C2CCC1CC(C(=O)C1CCc3cccnc31)C2. The van der Waals surface area contributed by atoms with Crippen LogP contribution in [0.1, 0.15) is 49.3 Å². The summed E-state index contributed by atoms with van der Waals surface area (Å²) in [5, 5.41) is 0. The zero-order valence-corrected chi connectivity index (χ0v) is 12.1. The third kappa shape index (κ3) is 1.83. The number of carbonyl (C=O) groups is 1. The Morgan fingerprint density at radius 2 is 2.00 bits per heavy atom. The van der Waals surface area contributed by atoms with Crippen LogP contribution in [0.15, 0.2) is 18.3 Å². The number of ketones is 1. The van der Waals surface area contributed by atoms with Crippen LogP contribution in [0.2, 0.25) is 0 Å². The van der Waals surface area contributed by atoms with Gasteiger partial charge in [0.15, 0.2) is 0 Å². The lowest BCUT2D eigenvalue weighted by Gasteiger charge is -2.36. The van der Waals surface area contributed by atoms with Gasteiger partial charge in [0, 0.05) is 24.2 Å². The van der Waals surface area contributed by atoms with Crippen molar-refractivity contribution in [3.63, 3.8) is 0 Å². The zero-order chi connectivity index (χ0) is 13.7. The van der Waals surface area contributed by atoms with Gasteiger partial charge in [0.05, 0.1) is 11.6 Å². The van der Waals surface area contributed by atoms with E-state index in [1.165, 1.54) is 18.4 Å². The molecule has 3 unspecified atom stereocenters. The fraction of sp³-hybridized carbons (Fsp3) is 0.647. The molecule has 2 fully saturated rings. The maximum Gasteiger partial charge on any atom is 0.145 e. The Morgan fingerprint density at radius 3 is 2.75 bits per heavy atom. The number of rotatable bonds is 2. The van der Waals surface area contributed by atoms with Gasteiger partial charge in [-0.1, -0.05) is 6.07 Å². The van der Waals surface area contributed by atoms with Gasteiger partial charge in [0.2, 0.25) is 0 Å². The largest absolute Gasteiger partial charge is 0.300 e. The lowest BCUT2D eigenvalue weighted by Crippen LogP contribution is -2.42. The van der Waals surface area contributed by atoms with Crippen molar-refractivity contribution in [1.29, 1.82) is 0 Å². The number of aromatic nitrogens is 1. The molecule has 0 saturated carbocycles. The molecule has 0 amide bonds. The monoisotopic (exact) mass is 270 g/mol. The molecule has 0 spiro atoms. The molecule has 20 heavy (non-hydrogen) atoms. The third-order valence-electron chi connectivity index (χ3n) is 5.80. The topological polar surface area (TPSA) is 33.2 Å². The summed E-state index contributed by atoms with van der Waals surface area (Å²) in [7, 11) is 2.23. The molecular weight excluding hydrogens is 248 g/mol. The number of fused-ring (bicyclic) bond motifs is 3. The molecule has 1 aromatic heterocycles. The Kier molecular flexibility index (Phi) is 2.92. The summed E-state index contributed by atoms with van der Waals surface area (Å²) in [6, 6.07) is 5.41. The highest BCUT2D eigenvalue weighted by Crippen LogP contribution is 2.42. The molecule has 3 atom stereocenters. The minimum atomic E-state index is 0.0824. The van der Waals surface area contributed by atoms with Crippen LogP contribution in [0.3, 0.4) is 0 Å². The van der Waals surface area contributed by atoms with Crippen LogP contribution in [0.25, 0.3) is 0 Å². The molecule has 4 rings (SSSR count). The van der Waals surface area contributed by atoms with Crippen molar-refractivity contribution < 1.29 is 4.79 Å². The van der Waals surface area contributed by atoms with Crippen LogP contribution in [-0.4, -0.2) is 34.8 Å². The number of piperidine rings is 1. The zero-order valence-electron chi connectivity index (χ0n) is 12.1. The molecular formula is C17H22N2O. The van der Waals surface area contributed by atoms with E-state index in [1.54, 1.807) is 0 Å². The van der Waals surface area contributed by atoms with Gasteiger partial charge in [-0.2, -0.15) is 0 Å². The van der Waals surface area contributed by atoms with Gasteiger partial charge >= 0.3 is 0 Å². The molecule has 106 valence electrons. The maximum absolute atomic E-state index is 12.9. The second-order valence-electron chi connectivity index (χ2n) is 6.76. The minimum absolute atomic E-state index is 0.0824. The van der Waals surface area contributed by atoms with Crippen LogP contribution >= 0.6 is 0 Å². The quantitative estimate of drug-likeness (QED) is 0.828. The van der Waals surface area contributed by atoms with E-state index in [9.17, 15) is 4.79 Å². The van der Waals surface area contributed by atoms with Crippen molar-refractivity contribution in [3.8, 4) is 0 Å². The Balaban J connectivity index is 1.55. The molecule has 2 bridgehead atoms. The van der Waals surface area contributed by atoms with Crippen molar-refractivity contribution in [3.05, 3.63) is 29.6 Å². The highest BCUT2D eigenvalue weighted by Gasteiger charge is 2.43. The number of Topliss-reactive ketones (excluding diaryl/α,β-unsaturated/α-hetero) is 1. The third-order valence-corrected chi connectivity index (χ3v) is 5.80. The van der Waals surface area contributed by atoms with Gasteiger partial charge in [-0.15, -0.1) is 0 Å². The predicted molar refractivity (Wildman–Crippen MR) is 77.6 cm³/mol. The molecule has 2 aliphatic heterocycles. The van der Waals surface area contributed by atoms with Crippen molar-refractivity contribution in [2.45, 2.75) is 56.5 Å². The Morgan fingerprint density at radius 1 is 1.25 bits per heavy atom. The van der Waals surface area contributed by atoms with Gasteiger partial charge in [-0.3, -0.25) is 9.78 Å². The summed E-state index contributed by atoms with van der Waals surface area (Å²) in [6.45, 7) is 0. The van der Waals surface area contributed by atoms with Crippen molar-refractivity contribution >= 4 is 5.78 Å². The first-order valence-corrected chi connectivity index (χ1v) is 7.93. The van der Waals surface area contributed by atoms with Crippen LogP contribution in [0, 0.1) is 5.92 Å². The number of nitrogens with zero attached hydrogens (tertiary/aromatic N) is 2. The summed E-state index contributed by atoms with van der Waals surface area (Å²) < 4.78 is 0. The van der Waals surface area contributed by atoms with Crippen molar-refractivity contribution in [2.75, 3.05) is 7.05 Å². The van der Waals surface area contributed by atoms with Crippen LogP contribution in [-0.2, 0) is 11.2 Å². The number of hydrogen-bond acceptors (Lipinski definition) is 3. The summed E-state index contributed by atoms with van der Waals surface area (Å²) >= 11 is 0. The van der Waals surface area contributed by atoms with Crippen LogP contribution < -0.4 is 0 Å². The first-order valence-electron chi connectivity index (χ1n) is 7.93. The van der Waals surface area contributed by atoms with Gasteiger partial charge in [0.1, 0.15) is 5.78 Å². The Labute approximate surface area is 120 Å². The molecule has 0 N–H and O–H groups in total. The maximum atomic E-state index is 12.9. The second-order valence-corrected chi connectivity index (χ2v) is 6.76. The van der Waals surface area contributed by atoms with Gasteiger partial charge < -0.3 is 4.90 Å². The first kappa shape index (κ1) is 12.5. The second kappa shape index (κ2) is 4.66. The van der Waals surface area contributed by atoms with Gasteiger partial charge in [-0.25, -0.2) is 0 Å². The molecule has 3 aliphatic rings. The molecule has 3 heteroatoms. The van der Waals surface area contributed by atoms with Crippen molar-refractivity contribution in [1.82, 2.24) is 9.88 Å². The number of hydrogen-bond donors (Lipinski definition) is 0. The van der Waals surface area contributed by atoms with Crippen LogP contribution in [0.5, 0.6) is 0 Å². The standard InChI is InChI=1S/C17H22N2O/c1-19-13-5-6-14(19)10-12(9-13)17(20)15-7-4-11-3-2-8-18-16(11)15/h2-3,8,12-15H,4-7,9-10H2,1H3. The number of pyridine rings is 1. The van der Waals surface area contributed by atoms with Gasteiger partial charge in [-0.05, 0) is 57.2 Å². The summed E-state index contributed by atoms with van der Waals surface area (Å²) in [5.41, 5.74) is 2.37. The van der Waals surface area contributed by atoms with E-state index >= 15 is 0 Å². The summed E-state index contributed by atoms with van der Waals surface area (Å²) in [5.74, 6) is 0.841. The summed E-state index contributed by atoms with van der Waals surface area (Å²) in [4.78, 5) is 19.9. The number of carbonyl (C=O) groups excluding carboxylic acids is 1. The smallest absolute Gasteiger partial charge is 0.145 e. The van der Waals surface area contributed by atoms with E-state index < -0.39 is 0 Å². The molecule has 0 aromatic carbocycles. The van der Waals surface area contributed by atoms with Crippen LogP contribution in [0.4, 0.5) is 0 Å². The van der Waals surface area contributed by atoms with E-state index in [0.29, 0.717) is 17.9 Å². The Bertz CT molecular complexity index is 528. The van der Waals surface area contributed by atoms with E-state index in [-0.39, 0.29) is 11.8 Å². The molecule has 1 aromatic rings. The summed E-state index contributed by atoms with van der Waals surface area (Å²) in [6.07, 6.45) is 8.55. The average molecular weight is 270 g/mol. The minimum Gasteiger partial charge on any atom is -0.300 e. The van der Waals surface area contributed by atoms with Crippen molar-refractivity contribution in [2.24, 2.45) is 5.92 Å². The fourth-order valence-corrected chi connectivity index (χ4v) is 4.62. The van der Waals surface area contributed by atoms with E-state index in [1.807, 2.05) is 12.3 Å². The fourth-order valence-electron chi connectivity index (χ4n) is 4.62. The predicted octanol–water partition coefficient (Wildman–Crippen LogP) is 2.55. The molecule has 3 nitrogen and oxygen atoms in total. The van der Waals surface area contributed by atoms with Gasteiger partial charge in [0.25, 0.3) is 0 Å². The molecule has 3 heterocycles. The lowest BCUT2D eigenvalue weighted by molar-refractivity contribution is -0.126. The molecule has 2 saturated heterocycles. The average Bonchev–Trinajstić information content (AvgIpc) is 2.95. The number of aryl methyl sites for hydroxylation is 1. The highest BCUT2D eigenvalue weighted by molar-refractivity contribution is 5.88. The first-order chi connectivity index (χ1) is 9.74. The van der Waals surface area contributed by atoms with E-state index in [0.717, 1.165) is 31.4 Å². The molecule has 0 radical (unpaired) electrons. The Hall–Kier alpha value is -1.22.